The van der Waals surface area contributed by atoms with Gasteiger partial charge in [-0.3, -0.25) is 0 Å². The van der Waals surface area contributed by atoms with Crippen LogP contribution in [-0.4, -0.2) is 26.2 Å². The van der Waals surface area contributed by atoms with Gasteiger partial charge in [0.25, 0.3) is 0 Å². The SMILES string of the molecule is CCCn1nnnc1COC(=O)c1ccc(-c2cccc(Cl)c2Cl)o1. The molecule has 3 rings (SSSR count). The molecular formula is C16H14Cl2N4O3. The van der Waals surface area contributed by atoms with Crippen LogP contribution in [0.1, 0.15) is 29.7 Å². The minimum absolute atomic E-state index is 0.0419. The van der Waals surface area contributed by atoms with Crippen molar-refractivity contribution in [3.8, 4) is 11.3 Å². The largest absolute Gasteiger partial charge is 0.452 e. The van der Waals surface area contributed by atoms with Crippen molar-refractivity contribution in [1.82, 2.24) is 20.2 Å². The molecule has 3 aromatic rings. The Morgan fingerprint density at radius 3 is 2.92 bits per heavy atom. The Morgan fingerprint density at radius 2 is 2.12 bits per heavy atom. The van der Waals surface area contributed by atoms with Gasteiger partial charge in [-0.1, -0.05) is 36.2 Å². The number of ether oxygens (including phenoxy) is 1. The van der Waals surface area contributed by atoms with Crippen molar-refractivity contribution in [2.75, 3.05) is 0 Å². The predicted octanol–water partition coefficient (Wildman–Crippen LogP) is 4.01. The van der Waals surface area contributed by atoms with Gasteiger partial charge in [0.2, 0.25) is 5.76 Å². The van der Waals surface area contributed by atoms with E-state index in [9.17, 15) is 4.79 Å². The normalized spacial score (nSPS) is 10.8. The van der Waals surface area contributed by atoms with Crippen molar-refractivity contribution in [3.63, 3.8) is 0 Å². The van der Waals surface area contributed by atoms with Crippen LogP contribution in [0.4, 0.5) is 0 Å². The molecule has 25 heavy (non-hydrogen) atoms. The van der Waals surface area contributed by atoms with Crippen LogP contribution in [0.3, 0.4) is 0 Å². The summed E-state index contributed by atoms with van der Waals surface area (Å²) in [5.74, 6) is 0.339. The fourth-order valence-corrected chi connectivity index (χ4v) is 2.59. The molecule has 130 valence electrons. The highest BCUT2D eigenvalue weighted by molar-refractivity contribution is 6.43. The van der Waals surface area contributed by atoms with E-state index in [1.807, 2.05) is 6.92 Å². The first-order chi connectivity index (χ1) is 12.1. The minimum atomic E-state index is -0.615. The molecule has 0 aliphatic rings. The maximum absolute atomic E-state index is 12.2. The van der Waals surface area contributed by atoms with E-state index in [2.05, 4.69) is 15.5 Å². The van der Waals surface area contributed by atoms with Crippen LogP contribution in [0.25, 0.3) is 11.3 Å². The summed E-state index contributed by atoms with van der Waals surface area (Å²) in [6.45, 7) is 2.61. The lowest BCUT2D eigenvalue weighted by molar-refractivity contribution is 0.0421. The number of nitrogens with zero attached hydrogens (tertiary/aromatic N) is 4. The molecule has 0 radical (unpaired) electrons. The number of hydrogen-bond acceptors (Lipinski definition) is 6. The Morgan fingerprint density at radius 1 is 1.28 bits per heavy atom. The summed E-state index contributed by atoms with van der Waals surface area (Å²) in [5, 5.41) is 12.0. The van der Waals surface area contributed by atoms with Gasteiger partial charge in [-0.05, 0) is 41.1 Å². The number of rotatable bonds is 6. The summed E-state index contributed by atoms with van der Waals surface area (Å²) in [4.78, 5) is 12.2. The van der Waals surface area contributed by atoms with Crippen molar-refractivity contribution in [2.45, 2.75) is 26.5 Å². The summed E-state index contributed by atoms with van der Waals surface area (Å²) in [7, 11) is 0. The van der Waals surface area contributed by atoms with E-state index in [4.69, 9.17) is 32.4 Å². The highest BCUT2D eigenvalue weighted by Crippen LogP contribution is 2.34. The Balaban J connectivity index is 1.70. The molecule has 0 amide bonds. The average molecular weight is 381 g/mol. The number of halogens is 2. The third-order valence-corrected chi connectivity index (χ3v) is 4.22. The molecule has 9 heteroatoms. The number of carbonyl (C=O) groups is 1. The second-order valence-corrected chi connectivity index (χ2v) is 5.94. The van der Waals surface area contributed by atoms with Gasteiger partial charge in [-0.25, -0.2) is 9.48 Å². The summed E-state index contributed by atoms with van der Waals surface area (Å²) in [5.41, 5.74) is 0.597. The maximum Gasteiger partial charge on any atom is 0.374 e. The van der Waals surface area contributed by atoms with Crippen LogP contribution in [0, 0.1) is 0 Å². The quantitative estimate of drug-likeness (QED) is 0.600. The average Bonchev–Trinajstić information content (AvgIpc) is 3.25. The second kappa shape index (κ2) is 7.67. The molecule has 0 spiro atoms. The number of aryl methyl sites for hydroxylation is 1. The summed E-state index contributed by atoms with van der Waals surface area (Å²) in [6, 6.07) is 8.32. The molecule has 0 saturated carbocycles. The second-order valence-electron chi connectivity index (χ2n) is 5.16. The third-order valence-electron chi connectivity index (χ3n) is 3.40. The molecule has 0 aliphatic heterocycles. The van der Waals surface area contributed by atoms with Crippen molar-refractivity contribution in [1.29, 1.82) is 0 Å². The first kappa shape index (κ1) is 17.4. The number of benzene rings is 1. The molecule has 7 nitrogen and oxygen atoms in total. The molecule has 0 fully saturated rings. The summed E-state index contributed by atoms with van der Waals surface area (Å²) < 4.78 is 12.3. The van der Waals surface area contributed by atoms with Crippen molar-refractivity contribution in [3.05, 3.63) is 52.0 Å². The standard InChI is InChI=1S/C16H14Cl2N4O3/c1-2-8-22-14(19-20-21-22)9-24-16(23)13-7-6-12(25-13)10-4-3-5-11(17)15(10)18/h3-7H,2,8-9H2,1H3. The lowest BCUT2D eigenvalue weighted by Gasteiger charge is -2.04. The van der Waals surface area contributed by atoms with E-state index >= 15 is 0 Å². The fourth-order valence-electron chi connectivity index (χ4n) is 2.20. The zero-order valence-corrected chi connectivity index (χ0v) is 14.8. The number of hydrogen-bond donors (Lipinski definition) is 0. The number of aromatic nitrogens is 4. The van der Waals surface area contributed by atoms with Crippen molar-refractivity contribution in [2.24, 2.45) is 0 Å². The fraction of sp³-hybridized carbons (Fsp3) is 0.250. The third kappa shape index (κ3) is 3.83. The number of furan rings is 1. The number of esters is 1. The van der Waals surface area contributed by atoms with E-state index in [-0.39, 0.29) is 12.4 Å². The molecule has 2 aromatic heterocycles. The van der Waals surface area contributed by atoms with Crippen molar-refractivity contribution < 1.29 is 13.9 Å². The van der Waals surface area contributed by atoms with Gasteiger partial charge in [0.05, 0.1) is 10.0 Å². The molecule has 0 atom stereocenters. The Labute approximate surface area is 153 Å². The van der Waals surface area contributed by atoms with Crippen LogP contribution in [0.2, 0.25) is 10.0 Å². The summed E-state index contributed by atoms with van der Waals surface area (Å²) in [6.07, 6.45) is 0.869. The van der Waals surface area contributed by atoms with Gasteiger partial charge in [0.1, 0.15) is 5.76 Å². The molecule has 1 aromatic carbocycles. The lowest BCUT2D eigenvalue weighted by Crippen LogP contribution is -2.10. The monoisotopic (exact) mass is 380 g/mol. The highest BCUT2D eigenvalue weighted by Gasteiger charge is 2.17. The van der Waals surface area contributed by atoms with Gasteiger partial charge < -0.3 is 9.15 Å². The van der Waals surface area contributed by atoms with Gasteiger partial charge in [0.15, 0.2) is 12.4 Å². The minimum Gasteiger partial charge on any atom is -0.452 e. The Hall–Kier alpha value is -2.38. The van der Waals surface area contributed by atoms with Crippen LogP contribution < -0.4 is 0 Å². The van der Waals surface area contributed by atoms with Gasteiger partial charge in [0, 0.05) is 12.1 Å². The van der Waals surface area contributed by atoms with E-state index in [0.29, 0.717) is 33.7 Å². The Kier molecular flexibility index (Phi) is 5.35. The van der Waals surface area contributed by atoms with Crippen LogP contribution >= 0.6 is 23.2 Å². The van der Waals surface area contributed by atoms with E-state index in [1.54, 1.807) is 28.9 Å². The molecule has 0 bridgehead atoms. The van der Waals surface area contributed by atoms with Gasteiger partial charge >= 0.3 is 5.97 Å². The zero-order chi connectivity index (χ0) is 17.8. The molecule has 0 aliphatic carbocycles. The van der Waals surface area contributed by atoms with Crippen LogP contribution in [0.15, 0.2) is 34.7 Å². The highest BCUT2D eigenvalue weighted by atomic mass is 35.5. The number of carbonyl (C=O) groups excluding carboxylic acids is 1. The zero-order valence-electron chi connectivity index (χ0n) is 13.3. The topological polar surface area (TPSA) is 83.0 Å². The van der Waals surface area contributed by atoms with E-state index in [0.717, 1.165) is 6.42 Å². The molecule has 0 saturated heterocycles. The predicted molar refractivity (Wildman–Crippen MR) is 91.4 cm³/mol. The van der Waals surface area contributed by atoms with Gasteiger partial charge in [-0.2, -0.15) is 0 Å². The Bertz CT molecular complexity index is 891. The molecular weight excluding hydrogens is 367 g/mol. The number of tetrazole rings is 1. The summed E-state index contributed by atoms with van der Waals surface area (Å²) >= 11 is 12.2. The van der Waals surface area contributed by atoms with E-state index in [1.165, 1.54) is 6.07 Å². The van der Waals surface area contributed by atoms with E-state index < -0.39 is 5.97 Å². The van der Waals surface area contributed by atoms with Gasteiger partial charge in [-0.15, -0.1) is 5.10 Å². The smallest absolute Gasteiger partial charge is 0.374 e. The molecule has 0 unspecified atom stereocenters. The maximum atomic E-state index is 12.2. The van der Waals surface area contributed by atoms with Crippen LogP contribution in [-0.2, 0) is 17.9 Å². The first-order valence-corrected chi connectivity index (χ1v) is 8.32. The van der Waals surface area contributed by atoms with Crippen molar-refractivity contribution >= 4 is 29.2 Å². The first-order valence-electron chi connectivity index (χ1n) is 7.56. The molecule has 2 heterocycles. The lowest BCUT2D eigenvalue weighted by atomic mass is 10.2. The molecule has 0 N–H and O–H groups in total. The van der Waals surface area contributed by atoms with Crippen LogP contribution in [0.5, 0.6) is 0 Å².